The van der Waals surface area contributed by atoms with E-state index in [1.54, 1.807) is 19.9 Å². The van der Waals surface area contributed by atoms with E-state index in [0.29, 0.717) is 35.2 Å². The number of fused-ring (bicyclic) bond motifs is 2. The van der Waals surface area contributed by atoms with Gasteiger partial charge >= 0.3 is 6.03 Å². The first kappa shape index (κ1) is 28.3. The van der Waals surface area contributed by atoms with Crippen LogP contribution in [0.1, 0.15) is 61.5 Å². The smallest absolute Gasteiger partial charge is 0.320 e. The van der Waals surface area contributed by atoms with Crippen molar-refractivity contribution in [2.45, 2.75) is 58.7 Å². The Morgan fingerprint density at radius 1 is 1.20 bits per heavy atom. The Morgan fingerprint density at radius 2 is 1.95 bits per heavy atom. The van der Waals surface area contributed by atoms with Crippen LogP contribution in [0.25, 0.3) is 10.2 Å². The molecule has 11 nitrogen and oxygen atoms in total. The molecule has 3 N–H and O–H groups in total. The van der Waals surface area contributed by atoms with E-state index in [9.17, 15) is 19.2 Å². The van der Waals surface area contributed by atoms with E-state index in [1.165, 1.54) is 28.4 Å². The highest BCUT2D eigenvalue weighted by Crippen LogP contribution is 2.38. The van der Waals surface area contributed by atoms with Crippen LogP contribution in [0.4, 0.5) is 14.9 Å². The van der Waals surface area contributed by atoms with Gasteiger partial charge in [0.1, 0.15) is 28.1 Å². The third kappa shape index (κ3) is 5.41. The van der Waals surface area contributed by atoms with Gasteiger partial charge in [-0.25, -0.2) is 14.2 Å². The van der Waals surface area contributed by atoms with Gasteiger partial charge in [-0.2, -0.15) is 0 Å². The highest BCUT2D eigenvalue weighted by atomic mass is 32.1. The second-order valence-electron chi connectivity index (χ2n) is 10.2. The number of hydrogen-bond donors (Lipinski definition) is 3. The van der Waals surface area contributed by atoms with Crippen LogP contribution in [-0.2, 0) is 21.7 Å². The topological polar surface area (TPSA) is 139 Å². The van der Waals surface area contributed by atoms with E-state index in [1.807, 2.05) is 19.9 Å². The number of ether oxygens (including phenoxy) is 2. The minimum atomic E-state index is -0.936. The molecule has 5 rings (SSSR count). The Morgan fingerprint density at radius 3 is 2.66 bits per heavy atom. The van der Waals surface area contributed by atoms with Gasteiger partial charge in [-0.1, -0.05) is 0 Å². The molecule has 2 aliphatic rings. The normalized spacial score (nSPS) is 17.0. The summed E-state index contributed by atoms with van der Waals surface area (Å²) < 4.78 is 27.8. The largest absolute Gasteiger partial charge is 0.494 e. The number of nitrogens with zero attached hydrogens (tertiary/aromatic N) is 2. The number of aromatic nitrogens is 1. The molecule has 41 heavy (non-hydrogen) atoms. The maximum atomic E-state index is 15.5. The summed E-state index contributed by atoms with van der Waals surface area (Å²) in [4.78, 5) is 55.7. The van der Waals surface area contributed by atoms with Crippen molar-refractivity contribution in [3.05, 3.63) is 46.2 Å². The predicted octanol–water partition coefficient (Wildman–Crippen LogP) is 4.05. The van der Waals surface area contributed by atoms with Gasteiger partial charge in [0.2, 0.25) is 11.8 Å². The zero-order valence-electron chi connectivity index (χ0n) is 23.1. The molecule has 3 aromatic rings. The molecular weight excluding hydrogens is 553 g/mol. The van der Waals surface area contributed by atoms with E-state index >= 15 is 4.39 Å². The zero-order valence-corrected chi connectivity index (χ0v) is 23.9. The fourth-order valence-corrected chi connectivity index (χ4v) is 6.02. The molecular formula is C28H30FN5O6S. The Bertz CT molecular complexity index is 1570. The number of hydrogen-bond acceptors (Lipinski definition) is 8. The van der Waals surface area contributed by atoms with Gasteiger partial charge in [0.25, 0.3) is 5.91 Å². The summed E-state index contributed by atoms with van der Waals surface area (Å²) >= 11 is 1.38. The molecule has 0 spiro atoms. The molecule has 1 unspecified atom stereocenters. The summed E-state index contributed by atoms with van der Waals surface area (Å²) in [6.45, 7) is 8.13. The van der Waals surface area contributed by atoms with Crippen molar-refractivity contribution >= 4 is 51.0 Å². The lowest BCUT2D eigenvalue weighted by Gasteiger charge is -2.29. The molecule has 1 aromatic heterocycles. The summed E-state index contributed by atoms with van der Waals surface area (Å²) in [5.74, 6) is -1.01. The van der Waals surface area contributed by atoms with E-state index in [0.717, 1.165) is 4.70 Å². The number of imide groups is 1. The number of carbonyl (C=O) groups is 4. The number of urea groups is 1. The number of anilines is 1. The second kappa shape index (κ2) is 11.0. The van der Waals surface area contributed by atoms with Gasteiger partial charge in [-0.3, -0.25) is 19.7 Å². The van der Waals surface area contributed by atoms with Crippen molar-refractivity contribution in [2.24, 2.45) is 0 Å². The molecule has 216 valence electrons. The van der Waals surface area contributed by atoms with Crippen LogP contribution >= 0.6 is 11.3 Å². The minimum absolute atomic E-state index is 0.0801. The van der Waals surface area contributed by atoms with Gasteiger partial charge in [0.05, 0.1) is 35.7 Å². The number of piperidine rings is 1. The van der Waals surface area contributed by atoms with Crippen LogP contribution in [0.2, 0.25) is 0 Å². The van der Waals surface area contributed by atoms with Crippen molar-refractivity contribution in [3.63, 3.8) is 0 Å². The van der Waals surface area contributed by atoms with E-state index in [4.69, 9.17) is 14.5 Å². The average molecular weight is 584 g/mol. The molecule has 1 fully saturated rings. The number of carbonyl (C=O) groups excluding carboxylic acids is 4. The Labute approximate surface area is 239 Å². The first-order chi connectivity index (χ1) is 19.5. The van der Waals surface area contributed by atoms with Gasteiger partial charge in [0.15, 0.2) is 5.82 Å². The SMILES string of the molecule is CCOc1cc(OCC)c2nc(C(C)(C)NC(=O)Nc3ccc4c(c3F)CN(C3CCC(=O)NC3=O)C4=O)sc2c1. The Kier molecular flexibility index (Phi) is 7.56. The highest BCUT2D eigenvalue weighted by molar-refractivity contribution is 7.18. The average Bonchev–Trinajstić information content (AvgIpc) is 3.49. The number of rotatable bonds is 8. The number of benzene rings is 2. The number of halogens is 1. The van der Waals surface area contributed by atoms with Crippen molar-refractivity contribution < 1.29 is 33.0 Å². The van der Waals surface area contributed by atoms with Crippen LogP contribution in [-0.4, -0.2) is 52.9 Å². The Hall–Kier alpha value is -4.26. The fourth-order valence-electron chi connectivity index (χ4n) is 4.95. The summed E-state index contributed by atoms with van der Waals surface area (Å²) in [7, 11) is 0. The molecule has 0 aliphatic carbocycles. The van der Waals surface area contributed by atoms with Crippen molar-refractivity contribution in [1.82, 2.24) is 20.5 Å². The summed E-state index contributed by atoms with van der Waals surface area (Å²) in [5, 5.41) is 8.21. The van der Waals surface area contributed by atoms with Crippen LogP contribution in [0, 0.1) is 5.82 Å². The second-order valence-corrected chi connectivity index (χ2v) is 11.2. The first-order valence-electron chi connectivity index (χ1n) is 13.3. The van der Waals surface area contributed by atoms with Crippen molar-refractivity contribution in [3.8, 4) is 11.5 Å². The predicted molar refractivity (Wildman–Crippen MR) is 150 cm³/mol. The van der Waals surface area contributed by atoms with Gasteiger partial charge < -0.3 is 25.0 Å². The molecule has 1 atom stereocenters. The molecule has 5 amide bonds. The summed E-state index contributed by atoms with van der Waals surface area (Å²) in [6, 6.07) is 4.86. The minimum Gasteiger partial charge on any atom is -0.494 e. The standard InChI is InChI=1S/C28H30FN5O6S/c1-5-39-14-11-19(40-6-2)23-20(12-14)41-26(32-23)28(3,4)33-27(38)30-17-8-7-15-16(22(17)29)13-34(25(15)37)18-9-10-21(35)31-24(18)36/h7-8,11-12,18H,5-6,9-10,13H2,1-4H3,(H2,30,33,38)(H,31,35,36). The lowest BCUT2D eigenvalue weighted by Crippen LogP contribution is -2.52. The van der Waals surface area contributed by atoms with E-state index in [2.05, 4.69) is 16.0 Å². The van der Waals surface area contributed by atoms with Crippen LogP contribution in [0.3, 0.4) is 0 Å². The van der Waals surface area contributed by atoms with Crippen LogP contribution in [0.5, 0.6) is 11.5 Å². The lowest BCUT2D eigenvalue weighted by molar-refractivity contribution is -0.136. The molecule has 13 heteroatoms. The molecule has 3 heterocycles. The molecule has 1 saturated heterocycles. The maximum Gasteiger partial charge on any atom is 0.320 e. The van der Waals surface area contributed by atoms with E-state index in [-0.39, 0.29) is 36.2 Å². The number of amides is 5. The number of nitrogens with one attached hydrogen (secondary N) is 3. The first-order valence-corrected chi connectivity index (χ1v) is 14.1. The van der Waals surface area contributed by atoms with Gasteiger partial charge in [-0.15, -0.1) is 11.3 Å². The molecule has 0 radical (unpaired) electrons. The molecule has 0 saturated carbocycles. The monoisotopic (exact) mass is 583 g/mol. The van der Waals surface area contributed by atoms with Crippen molar-refractivity contribution in [2.75, 3.05) is 18.5 Å². The molecule has 0 bridgehead atoms. The Balaban J connectivity index is 1.32. The third-order valence-corrected chi connectivity index (χ3v) is 8.23. The lowest BCUT2D eigenvalue weighted by atomic mass is 10.0. The summed E-state index contributed by atoms with van der Waals surface area (Å²) in [5.41, 5.74) is -0.199. The summed E-state index contributed by atoms with van der Waals surface area (Å²) in [6.07, 6.45) is 0.260. The quantitative estimate of drug-likeness (QED) is 0.340. The molecule has 2 aliphatic heterocycles. The third-order valence-electron chi connectivity index (χ3n) is 6.90. The zero-order chi connectivity index (χ0) is 29.5. The fraction of sp³-hybridized carbons (Fsp3) is 0.393. The highest BCUT2D eigenvalue weighted by Gasteiger charge is 2.40. The maximum absolute atomic E-state index is 15.5. The van der Waals surface area contributed by atoms with Gasteiger partial charge in [0, 0.05) is 23.6 Å². The van der Waals surface area contributed by atoms with Gasteiger partial charge in [-0.05, 0) is 52.3 Å². The van der Waals surface area contributed by atoms with E-state index < -0.39 is 41.2 Å². The van der Waals surface area contributed by atoms with Crippen LogP contribution in [0.15, 0.2) is 24.3 Å². The van der Waals surface area contributed by atoms with Crippen molar-refractivity contribution in [1.29, 1.82) is 0 Å². The molecule has 2 aromatic carbocycles. The van der Waals surface area contributed by atoms with Crippen LogP contribution < -0.4 is 25.4 Å². The number of thiazole rings is 1.